The first-order valence-electron chi connectivity index (χ1n) is 6.37. The van der Waals surface area contributed by atoms with Crippen LogP contribution in [0.15, 0.2) is 11.7 Å². The average Bonchev–Trinajstić information content (AvgIpc) is 2.81. The summed E-state index contributed by atoms with van der Waals surface area (Å²) in [6, 6.07) is 0.208. The van der Waals surface area contributed by atoms with Crippen molar-refractivity contribution in [3.63, 3.8) is 0 Å². The molecule has 4 nitrogen and oxygen atoms in total. The Bertz CT molecular complexity index is 554. The molecule has 1 atom stereocenters. The van der Waals surface area contributed by atoms with Gasteiger partial charge in [-0.05, 0) is 37.1 Å². The molecule has 0 radical (unpaired) electrons. The van der Waals surface area contributed by atoms with Gasteiger partial charge in [-0.15, -0.1) is 11.3 Å². The van der Waals surface area contributed by atoms with Crippen LogP contribution >= 0.6 is 11.3 Å². The van der Waals surface area contributed by atoms with Crippen molar-refractivity contribution >= 4 is 27.4 Å². The maximum atomic E-state index is 9.52. The largest absolute Gasteiger partial charge is 0.394 e. The van der Waals surface area contributed by atoms with E-state index in [-0.39, 0.29) is 12.6 Å². The van der Waals surface area contributed by atoms with Crippen LogP contribution in [-0.2, 0) is 0 Å². The van der Waals surface area contributed by atoms with Gasteiger partial charge >= 0.3 is 0 Å². The van der Waals surface area contributed by atoms with E-state index in [1.165, 1.54) is 18.4 Å². The normalized spacial score (nSPS) is 20.6. The molecule has 0 aliphatic carbocycles. The van der Waals surface area contributed by atoms with E-state index in [0.29, 0.717) is 0 Å². The van der Waals surface area contributed by atoms with Crippen molar-refractivity contribution < 1.29 is 5.11 Å². The molecule has 1 aliphatic rings. The minimum atomic E-state index is 0.204. The first-order valence-corrected chi connectivity index (χ1v) is 7.25. The predicted octanol–water partition coefficient (Wildman–Crippen LogP) is 2.35. The SMILES string of the molecule is Cc1csc2c(N3CCCCC3CO)ncnc12. The van der Waals surface area contributed by atoms with Crippen LogP contribution in [0.3, 0.4) is 0 Å². The highest BCUT2D eigenvalue weighted by molar-refractivity contribution is 7.18. The molecular weight excluding hydrogens is 246 g/mol. The van der Waals surface area contributed by atoms with Crippen molar-refractivity contribution in [3.05, 3.63) is 17.3 Å². The lowest BCUT2D eigenvalue weighted by Gasteiger charge is -2.35. The second kappa shape index (κ2) is 4.82. The van der Waals surface area contributed by atoms with Crippen LogP contribution in [0.5, 0.6) is 0 Å². The van der Waals surface area contributed by atoms with Crippen molar-refractivity contribution in [3.8, 4) is 0 Å². The molecule has 0 aromatic carbocycles. The van der Waals surface area contributed by atoms with Crippen LogP contribution in [-0.4, -0.2) is 34.3 Å². The summed E-state index contributed by atoms with van der Waals surface area (Å²) in [5, 5.41) is 11.6. The third-order valence-electron chi connectivity index (χ3n) is 3.62. The molecule has 1 N–H and O–H groups in total. The molecule has 5 heteroatoms. The number of hydrogen-bond acceptors (Lipinski definition) is 5. The number of aromatic nitrogens is 2. The van der Waals surface area contributed by atoms with E-state index in [4.69, 9.17) is 0 Å². The van der Waals surface area contributed by atoms with Gasteiger partial charge in [0.15, 0.2) is 0 Å². The molecule has 96 valence electrons. The van der Waals surface area contributed by atoms with Crippen molar-refractivity contribution in [1.29, 1.82) is 0 Å². The fourth-order valence-electron chi connectivity index (χ4n) is 2.63. The summed E-state index contributed by atoms with van der Waals surface area (Å²) >= 11 is 1.70. The van der Waals surface area contributed by atoms with Gasteiger partial charge in [-0.2, -0.15) is 0 Å². The fraction of sp³-hybridized carbons (Fsp3) is 0.538. The Morgan fingerprint density at radius 1 is 1.44 bits per heavy atom. The Hall–Kier alpha value is -1.20. The Balaban J connectivity index is 2.07. The summed E-state index contributed by atoms with van der Waals surface area (Å²) in [5.41, 5.74) is 2.25. The summed E-state index contributed by atoms with van der Waals surface area (Å²) in [6.07, 6.45) is 5.05. The van der Waals surface area contributed by atoms with E-state index in [1.807, 2.05) is 0 Å². The molecule has 0 bridgehead atoms. The van der Waals surface area contributed by atoms with Crippen LogP contribution < -0.4 is 4.90 Å². The van der Waals surface area contributed by atoms with Gasteiger partial charge in [-0.1, -0.05) is 0 Å². The van der Waals surface area contributed by atoms with Gasteiger partial charge in [0.25, 0.3) is 0 Å². The van der Waals surface area contributed by atoms with E-state index in [1.54, 1.807) is 17.7 Å². The lowest BCUT2D eigenvalue weighted by molar-refractivity contribution is 0.239. The number of fused-ring (bicyclic) bond motifs is 1. The maximum absolute atomic E-state index is 9.52. The summed E-state index contributed by atoms with van der Waals surface area (Å²) in [5.74, 6) is 0.997. The molecule has 18 heavy (non-hydrogen) atoms. The summed E-state index contributed by atoms with van der Waals surface area (Å²) in [4.78, 5) is 11.1. The topological polar surface area (TPSA) is 49.2 Å². The summed E-state index contributed by atoms with van der Waals surface area (Å²) < 4.78 is 1.15. The van der Waals surface area contributed by atoms with E-state index in [9.17, 15) is 5.11 Å². The van der Waals surface area contributed by atoms with Gasteiger partial charge in [0.1, 0.15) is 12.1 Å². The molecule has 3 rings (SSSR count). The monoisotopic (exact) mass is 263 g/mol. The van der Waals surface area contributed by atoms with Crippen molar-refractivity contribution in [2.24, 2.45) is 0 Å². The maximum Gasteiger partial charge on any atom is 0.150 e. The molecule has 1 unspecified atom stereocenters. The summed E-state index contributed by atoms with van der Waals surface area (Å²) in [6.45, 7) is 3.26. The quantitative estimate of drug-likeness (QED) is 0.903. The average molecular weight is 263 g/mol. The van der Waals surface area contributed by atoms with Gasteiger partial charge < -0.3 is 10.0 Å². The zero-order valence-corrected chi connectivity index (χ0v) is 11.3. The molecule has 0 spiro atoms. The smallest absolute Gasteiger partial charge is 0.150 e. The van der Waals surface area contributed by atoms with Crippen LogP contribution in [0, 0.1) is 6.92 Å². The third-order valence-corrected chi connectivity index (χ3v) is 4.71. The van der Waals surface area contributed by atoms with Gasteiger partial charge in [0.05, 0.1) is 22.9 Å². The fourth-order valence-corrected chi connectivity index (χ4v) is 3.64. The standard InChI is InChI=1S/C13H17N3OS/c1-9-7-18-12-11(9)14-8-15-13(12)16-5-3-2-4-10(16)6-17/h7-8,10,17H,2-6H2,1H3. The van der Waals surface area contributed by atoms with Crippen molar-refractivity contribution in [2.75, 3.05) is 18.1 Å². The molecular formula is C13H17N3OS. The van der Waals surface area contributed by atoms with E-state index >= 15 is 0 Å². The molecule has 1 fully saturated rings. The first-order chi connectivity index (χ1) is 8.81. The first kappa shape index (κ1) is 11.9. The third kappa shape index (κ3) is 1.87. The number of hydrogen-bond donors (Lipinski definition) is 1. The highest BCUT2D eigenvalue weighted by atomic mass is 32.1. The van der Waals surface area contributed by atoms with Crippen molar-refractivity contribution in [2.45, 2.75) is 32.2 Å². The second-order valence-electron chi connectivity index (χ2n) is 4.82. The molecule has 0 saturated carbocycles. The second-order valence-corrected chi connectivity index (χ2v) is 5.70. The minimum absolute atomic E-state index is 0.204. The van der Waals surface area contributed by atoms with E-state index < -0.39 is 0 Å². The molecule has 1 aliphatic heterocycles. The molecule has 2 aromatic rings. The van der Waals surface area contributed by atoms with E-state index in [0.717, 1.165) is 29.0 Å². The molecule has 2 aromatic heterocycles. The van der Waals surface area contributed by atoms with Crippen LogP contribution in [0.1, 0.15) is 24.8 Å². The lowest BCUT2D eigenvalue weighted by atomic mass is 10.0. The number of nitrogens with zero attached hydrogens (tertiary/aromatic N) is 3. The predicted molar refractivity (Wildman–Crippen MR) is 74.2 cm³/mol. The van der Waals surface area contributed by atoms with Gasteiger partial charge in [0, 0.05) is 6.54 Å². The van der Waals surface area contributed by atoms with Gasteiger partial charge in [-0.25, -0.2) is 9.97 Å². The number of thiophene rings is 1. The number of aryl methyl sites for hydroxylation is 1. The molecule has 3 heterocycles. The number of rotatable bonds is 2. The Kier molecular flexibility index (Phi) is 3.18. The Morgan fingerprint density at radius 2 is 2.33 bits per heavy atom. The highest BCUT2D eigenvalue weighted by Crippen LogP contribution is 2.33. The molecule has 1 saturated heterocycles. The number of anilines is 1. The number of aliphatic hydroxyl groups is 1. The van der Waals surface area contributed by atoms with Crippen molar-refractivity contribution in [1.82, 2.24) is 9.97 Å². The zero-order chi connectivity index (χ0) is 12.5. The van der Waals surface area contributed by atoms with Crippen LogP contribution in [0.4, 0.5) is 5.82 Å². The van der Waals surface area contributed by atoms with Gasteiger partial charge in [-0.3, -0.25) is 0 Å². The van der Waals surface area contributed by atoms with Gasteiger partial charge in [0.2, 0.25) is 0 Å². The zero-order valence-electron chi connectivity index (χ0n) is 10.5. The van der Waals surface area contributed by atoms with Crippen LogP contribution in [0.25, 0.3) is 10.2 Å². The molecule has 0 amide bonds. The van der Waals surface area contributed by atoms with Crippen LogP contribution in [0.2, 0.25) is 0 Å². The van der Waals surface area contributed by atoms with E-state index in [2.05, 4.69) is 27.2 Å². The Morgan fingerprint density at radius 3 is 3.17 bits per heavy atom. The number of aliphatic hydroxyl groups excluding tert-OH is 1. The minimum Gasteiger partial charge on any atom is -0.394 e. The summed E-state index contributed by atoms with van der Waals surface area (Å²) in [7, 11) is 0. The Labute approximate surface area is 110 Å². The highest BCUT2D eigenvalue weighted by Gasteiger charge is 2.25. The lowest BCUT2D eigenvalue weighted by Crippen LogP contribution is -2.42. The number of piperidine rings is 1.